The minimum Gasteiger partial charge on any atom is -0.353 e. The number of carbonyl (C=O) groups excluding carboxylic acids is 1. The predicted molar refractivity (Wildman–Crippen MR) is 73.0 cm³/mol. The predicted octanol–water partition coefficient (Wildman–Crippen LogP) is 1.75. The number of rotatable bonds is 4. The monoisotopic (exact) mass is 267 g/mol. The lowest BCUT2D eigenvalue weighted by Gasteiger charge is -2.35. The van der Waals surface area contributed by atoms with E-state index in [9.17, 15) is 4.79 Å². The number of hydrogen-bond donors (Lipinski definition) is 0. The zero-order valence-electron chi connectivity index (χ0n) is 10.4. The van der Waals surface area contributed by atoms with Gasteiger partial charge in [0.1, 0.15) is 5.82 Å². The topological polar surface area (TPSA) is 36.4 Å². The van der Waals surface area contributed by atoms with Gasteiger partial charge in [0, 0.05) is 44.7 Å². The summed E-state index contributed by atoms with van der Waals surface area (Å²) in [5, 5.41) is 0. The Morgan fingerprint density at radius 3 is 2.67 bits per heavy atom. The highest BCUT2D eigenvalue weighted by Gasteiger charge is 2.21. The maximum atomic E-state index is 11.8. The summed E-state index contributed by atoms with van der Waals surface area (Å²) in [6.07, 6.45) is 3.13. The van der Waals surface area contributed by atoms with Crippen molar-refractivity contribution in [1.82, 2.24) is 9.88 Å². The van der Waals surface area contributed by atoms with Gasteiger partial charge in [0.15, 0.2) is 0 Å². The number of aromatic nitrogens is 1. The maximum Gasteiger partial charge on any atom is 0.222 e. The molecule has 0 radical (unpaired) electrons. The number of nitrogens with zero attached hydrogens (tertiary/aromatic N) is 3. The number of hydrogen-bond acceptors (Lipinski definition) is 3. The van der Waals surface area contributed by atoms with Crippen LogP contribution in [0.2, 0.25) is 0 Å². The molecule has 0 atom stereocenters. The van der Waals surface area contributed by atoms with Gasteiger partial charge in [-0.3, -0.25) is 4.79 Å². The Hall–Kier alpha value is -1.29. The first-order chi connectivity index (χ1) is 8.81. The molecule has 1 aliphatic heterocycles. The minimum atomic E-state index is 0.219. The Bertz CT molecular complexity index is 377. The van der Waals surface area contributed by atoms with E-state index in [1.807, 2.05) is 23.1 Å². The van der Waals surface area contributed by atoms with Crippen LogP contribution in [-0.4, -0.2) is 47.9 Å². The third-order valence-electron chi connectivity index (χ3n) is 3.13. The smallest absolute Gasteiger partial charge is 0.222 e. The number of amides is 1. The molecular weight excluding hydrogens is 250 g/mol. The lowest BCUT2D eigenvalue weighted by Crippen LogP contribution is -2.49. The van der Waals surface area contributed by atoms with Crippen molar-refractivity contribution in [2.45, 2.75) is 12.8 Å². The van der Waals surface area contributed by atoms with Crippen molar-refractivity contribution in [3.8, 4) is 0 Å². The van der Waals surface area contributed by atoms with Crippen molar-refractivity contribution in [3.63, 3.8) is 0 Å². The van der Waals surface area contributed by atoms with E-state index in [-0.39, 0.29) is 5.91 Å². The normalized spacial score (nSPS) is 15.8. The first-order valence-corrected chi connectivity index (χ1v) is 6.84. The largest absolute Gasteiger partial charge is 0.353 e. The van der Waals surface area contributed by atoms with Crippen LogP contribution in [0.3, 0.4) is 0 Å². The summed E-state index contributed by atoms with van der Waals surface area (Å²) in [5.41, 5.74) is 0. The first-order valence-electron chi connectivity index (χ1n) is 6.31. The number of pyridine rings is 1. The quantitative estimate of drug-likeness (QED) is 0.780. The molecule has 2 heterocycles. The van der Waals surface area contributed by atoms with Gasteiger partial charge in [-0.15, -0.1) is 11.6 Å². The molecule has 0 saturated carbocycles. The molecule has 18 heavy (non-hydrogen) atoms. The second kappa shape index (κ2) is 6.59. The highest BCUT2D eigenvalue weighted by atomic mass is 35.5. The molecule has 5 heteroatoms. The average molecular weight is 268 g/mol. The highest BCUT2D eigenvalue weighted by molar-refractivity contribution is 6.17. The molecule has 1 aromatic rings. The summed E-state index contributed by atoms with van der Waals surface area (Å²) in [5.74, 6) is 1.77. The molecule has 4 nitrogen and oxygen atoms in total. The lowest BCUT2D eigenvalue weighted by atomic mass is 10.2. The van der Waals surface area contributed by atoms with E-state index < -0.39 is 0 Å². The zero-order chi connectivity index (χ0) is 12.8. The molecule has 0 N–H and O–H groups in total. The second-order valence-electron chi connectivity index (χ2n) is 4.35. The van der Waals surface area contributed by atoms with Gasteiger partial charge in [0.25, 0.3) is 0 Å². The van der Waals surface area contributed by atoms with Crippen LogP contribution in [0.1, 0.15) is 12.8 Å². The maximum absolute atomic E-state index is 11.8. The van der Waals surface area contributed by atoms with E-state index in [1.54, 1.807) is 6.20 Å². The van der Waals surface area contributed by atoms with Crippen LogP contribution in [0.15, 0.2) is 24.4 Å². The lowest BCUT2D eigenvalue weighted by molar-refractivity contribution is -0.131. The zero-order valence-corrected chi connectivity index (χ0v) is 11.1. The van der Waals surface area contributed by atoms with Crippen LogP contribution in [-0.2, 0) is 4.79 Å². The van der Waals surface area contributed by atoms with Crippen LogP contribution in [0, 0.1) is 0 Å². The average Bonchev–Trinajstić information content (AvgIpc) is 2.46. The van der Waals surface area contributed by atoms with Crippen LogP contribution in [0.5, 0.6) is 0 Å². The summed E-state index contributed by atoms with van der Waals surface area (Å²) in [6.45, 7) is 3.25. The van der Waals surface area contributed by atoms with Crippen LogP contribution < -0.4 is 4.90 Å². The number of halogens is 1. The Morgan fingerprint density at radius 2 is 2.06 bits per heavy atom. The Kier molecular flexibility index (Phi) is 4.81. The molecular formula is C13H18ClN3O. The van der Waals surface area contributed by atoms with Gasteiger partial charge in [-0.1, -0.05) is 6.07 Å². The summed E-state index contributed by atoms with van der Waals surface area (Å²) < 4.78 is 0. The van der Waals surface area contributed by atoms with Gasteiger partial charge in [-0.2, -0.15) is 0 Å². The third kappa shape index (κ3) is 3.35. The van der Waals surface area contributed by atoms with Crippen molar-refractivity contribution < 1.29 is 4.79 Å². The molecule has 1 aromatic heterocycles. The Morgan fingerprint density at radius 1 is 1.28 bits per heavy atom. The fourth-order valence-corrected chi connectivity index (χ4v) is 2.24. The molecule has 2 rings (SSSR count). The summed E-state index contributed by atoms with van der Waals surface area (Å²) >= 11 is 5.60. The van der Waals surface area contributed by atoms with Gasteiger partial charge < -0.3 is 9.80 Å². The van der Waals surface area contributed by atoms with Crippen molar-refractivity contribution in [2.24, 2.45) is 0 Å². The summed E-state index contributed by atoms with van der Waals surface area (Å²) in [7, 11) is 0. The second-order valence-corrected chi connectivity index (χ2v) is 4.73. The SMILES string of the molecule is O=C(CCCCl)N1CCN(c2ccccn2)CC1. The fraction of sp³-hybridized carbons (Fsp3) is 0.538. The molecule has 1 saturated heterocycles. The molecule has 1 amide bonds. The summed E-state index contributed by atoms with van der Waals surface area (Å²) in [4.78, 5) is 20.3. The van der Waals surface area contributed by atoms with E-state index >= 15 is 0 Å². The third-order valence-corrected chi connectivity index (χ3v) is 3.40. The van der Waals surface area contributed by atoms with Crippen molar-refractivity contribution in [1.29, 1.82) is 0 Å². The molecule has 0 aliphatic carbocycles. The minimum absolute atomic E-state index is 0.219. The molecule has 98 valence electrons. The number of anilines is 1. The van der Waals surface area contributed by atoms with Crippen molar-refractivity contribution >= 4 is 23.3 Å². The van der Waals surface area contributed by atoms with Crippen LogP contribution in [0.4, 0.5) is 5.82 Å². The first kappa shape index (κ1) is 13.1. The van der Waals surface area contributed by atoms with Crippen molar-refractivity contribution in [3.05, 3.63) is 24.4 Å². The molecule has 0 aromatic carbocycles. The van der Waals surface area contributed by atoms with Gasteiger partial charge >= 0.3 is 0 Å². The number of piperazine rings is 1. The molecule has 1 fully saturated rings. The van der Waals surface area contributed by atoms with E-state index in [1.165, 1.54) is 0 Å². The van der Waals surface area contributed by atoms with E-state index in [0.717, 1.165) is 38.4 Å². The van der Waals surface area contributed by atoms with Crippen LogP contribution in [0.25, 0.3) is 0 Å². The van der Waals surface area contributed by atoms with E-state index in [2.05, 4.69) is 9.88 Å². The molecule has 0 spiro atoms. The number of alkyl halides is 1. The Balaban J connectivity index is 1.83. The van der Waals surface area contributed by atoms with Gasteiger partial charge in [0.05, 0.1) is 0 Å². The van der Waals surface area contributed by atoms with Gasteiger partial charge in [-0.25, -0.2) is 4.98 Å². The highest BCUT2D eigenvalue weighted by Crippen LogP contribution is 2.13. The van der Waals surface area contributed by atoms with Crippen molar-refractivity contribution in [2.75, 3.05) is 37.0 Å². The molecule has 1 aliphatic rings. The molecule has 0 unspecified atom stereocenters. The Labute approximate surface area is 113 Å². The fourth-order valence-electron chi connectivity index (χ4n) is 2.10. The number of carbonyl (C=O) groups is 1. The van der Waals surface area contributed by atoms with E-state index in [0.29, 0.717) is 12.3 Å². The van der Waals surface area contributed by atoms with Gasteiger partial charge in [0.2, 0.25) is 5.91 Å². The van der Waals surface area contributed by atoms with E-state index in [4.69, 9.17) is 11.6 Å². The summed E-state index contributed by atoms with van der Waals surface area (Å²) in [6, 6.07) is 5.90. The standard InChI is InChI=1S/C13H18ClN3O/c14-6-3-5-13(18)17-10-8-16(9-11-17)12-4-1-2-7-15-12/h1-2,4,7H,3,5-6,8-11H2. The van der Waals surface area contributed by atoms with Crippen LogP contribution >= 0.6 is 11.6 Å². The molecule has 0 bridgehead atoms. The van der Waals surface area contributed by atoms with Gasteiger partial charge in [-0.05, 0) is 18.6 Å².